The van der Waals surface area contributed by atoms with E-state index in [0.29, 0.717) is 31.0 Å². The van der Waals surface area contributed by atoms with Crippen molar-refractivity contribution in [3.8, 4) is 5.75 Å². The van der Waals surface area contributed by atoms with Crippen LogP contribution < -0.4 is 9.64 Å². The van der Waals surface area contributed by atoms with Crippen molar-refractivity contribution >= 4 is 29.4 Å². The minimum absolute atomic E-state index is 0.105. The lowest BCUT2D eigenvalue weighted by Gasteiger charge is -2.27. The summed E-state index contributed by atoms with van der Waals surface area (Å²) in [7, 11) is 0. The lowest BCUT2D eigenvalue weighted by Crippen LogP contribution is -2.46. The van der Waals surface area contributed by atoms with Crippen LogP contribution in [0.1, 0.15) is 46.0 Å². The molecule has 1 fully saturated rings. The Bertz CT molecular complexity index is 731. The minimum Gasteiger partial charge on any atom is -0.494 e. The van der Waals surface area contributed by atoms with Crippen LogP contribution >= 0.6 is 0 Å². The van der Waals surface area contributed by atoms with Crippen molar-refractivity contribution in [2.24, 2.45) is 0 Å². The topological polar surface area (TPSA) is 104 Å². The lowest BCUT2D eigenvalue weighted by molar-refractivity contribution is -0.143. The van der Waals surface area contributed by atoms with E-state index in [1.54, 1.807) is 24.3 Å². The monoisotopic (exact) mass is 390 g/mol. The zero-order valence-corrected chi connectivity index (χ0v) is 16.2. The van der Waals surface area contributed by atoms with Crippen LogP contribution in [0.2, 0.25) is 0 Å². The Morgan fingerprint density at radius 2 is 1.82 bits per heavy atom. The fourth-order valence-electron chi connectivity index (χ4n) is 3.09. The summed E-state index contributed by atoms with van der Waals surface area (Å²) in [6, 6.07) is 5.77. The maximum atomic E-state index is 12.9. The van der Waals surface area contributed by atoms with Gasteiger partial charge in [-0.2, -0.15) is 0 Å². The first-order valence-corrected chi connectivity index (χ1v) is 9.49. The van der Waals surface area contributed by atoms with Gasteiger partial charge >= 0.3 is 5.97 Å². The van der Waals surface area contributed by atoms with Crippen molar-refractivity contribution in [1.29, 1.82) is 0 Å². The van der Waals surface area contributed by atoms with Crippen molar-refractivity contribution in [1.82, 2.24) is 4.90 Å². The molecule has 28 heavy (non-hydrogen) atoms. The molecule has 0 bridgehead atoms. The number of carbonyl (C=O) groups is 4. The molecule has 1 saturated heterocycles. The summed E-state index contributed by atoms with van der Waals surface area (Å²) < 4.78 is 5.51. The number of carboxylic acid groups (broad SMARTS) is 1. The summed E-state index contributed by atoms with van der Waals surface area (Å²) in [4.78, 5) is 51.0. The molecule has 8 heteroatoms. The van der Waals surface area contributed by atoms with Crippen LogP contribution in [0.15, 0.2) is 24.3 Å². The minimum atomic E-state index is -1.08. The Labute approximate surface area is 164 Å². The Balaban J connectivity index is 2.15. The second-order valence-electron chi connectivity index (χ2n) is 6.61. The van der Waals surface area contributed by atoms with Gasteiger partial charge in [-0.3, -0.25) is 19.2 Å². The van der Waals surface area contributed by atoms with E-state index in [9.17, 15) is 19.2 Å². The Morgan fingerprint density at radius 3 is 2.39 bits per heavy atom. The van der Waals surface area contributed by atoms with Crippen molar-refractivity contribution in [2.45, 2.75) is 52.0 Å². The molecule has 1 atom stereocenters. The summed E-state index contributed by atoms with van der Waals surface area (Å²) in [5.41, 5.74) is 0.427. The largest absolute Gasteiger partial charge is 0.494 e. The molecule has 1 N–H and O–H groups in total. The van der Waals surface area contributed by atoms with Crippen molar-refractivity contribution in [2.75, 3.05) is 18.1 Å². The molecular formula is C20H26N2O6. The SMILES string of the molecule is CCCOc1ccc(N2C(=O)C[C@@H](N(CCC)C(=O)CCC(=O)O)C2=O)cc1. The quantitative estimate of drug-likeness (QED) is 0.614. The van der Waals surface area contributed by atoms with Crippen molar-refractivity contribution in [3.63, 3.8) is 0 Å². The number of aliphatic carboxylic acids is 1. The molecule has 152 valence electrons. The molecule has 0 unspecified atom stereocenters. The molecule has 1 aliphatic rings. The van der Waals surface area contributed by atoms with E-state index >= 15 is 0 Å². The van der Waals surface area contributed by atoms with Crippen LogP contribution in [0.5, 0.6) is 5.75 Å². The van der Waals surface area contributed by atoms with Crippen LogP contribution in [-0.2, 0) is 19.2 Å². The highest BCUT2D eigenvalue weighted by Gasteiger charge is 2.44. The maximum absolute atomic E-state index is 12.9. The molecule has 0 spiro atoms. The standard InChI is InChI=1S/C20H26N2O6/c1-3-11-21(17(23)9-10-19(25)26)16-13-18(24)22(20(16)27)14-5-7-15(8-6-14)28-12-4-2/h5-8,16H,3-4,9-13H2,1-2H3,(H,25,26)/t16-/m1/s1. The number of ether oxygens (including phenoxy) is 1. The highest BCUT2D eigenvalue weighted by atomic mass is 16.5. The van der Waals surface area contributed by atoms with Crippen LogP contribution in [0, 0.1) is 0 Å². The van der Waals surface area contributed by atoms with E-state index in [2.05, 4.69) is 0 Å². The van der Waals surface area contributed by atoms with Crippen molar-refractivity contribution < 1.29 is 29.0 Å². The van der Waals surface area contributed by atoms with Crippen molar-refractivity contribution in [3.05, 3.63) is 24.3 Å². The second kappa shape index (κ2) is 9.87. The van der Waals surface area contributed by atoms with E-state index in [1.807, 2.05) is 13.8 Å². The molecular weight excluding hydrogens is 364 g/mol. The summed E-state index contributed by atoms with van der Waals surface area (Å²) in [6.45, 7) is 4.72. The van der Waals surface area contributed by atoms with E-state index in [1.165, 1.54) is 4.90 Å². The van der Waals surface area contributed by atoms with E-state index < -0.39 is 23.8 Å². The Kier molecular flexibility index (Phi) is 7.54. The van der Waals surface area contributed by atoms with Gasteiger partial charge in [-0.1, -0.05) is 13.8 Å². The smallest absolute Gasteiger partial charge is 0.303 e. The number of amides is 3. The fourth-order valence-corrected chi connectivity index (χ4v) is 3.09. The number of rotatable bonds is 10. The summed E-state index contributed by atoms with van der Waals surface area (Å²) >= 11 is 0. The predicted molar refractivity (Wildman–Crippen MR) is 102 cm³/mol. The van der Waals surface area contributed by atoms with Crippen LogP contribution in [0.4, 0.5) is 5.69 Å². The van der Waals surface area contributed by atoms with Gasteiger partial charge in [-0.05, 0) is 37.1 Å². The highest BCUT2D eigenvalue weighted by Crippen LogP contribution is 2.28. The zero-order valence-electron chi connectivity index (χ0n) is 16.2. The first-order chi connectivity index (χ1) is 13.4. The molecule has 1 heterocycles. The normalized spacial score (nSPS) is 16.4. The summed E-state index contributed by atoms with van der Waals surface area (Å²) in [6.07, 6.45) is 0.856. The number of carboxylic acids is 1. The van der Waals surface area contributed by atoms with Gasteiger partial charge in [-0.15, -0.1) is 0 Å². The van der Waals surface area contributed by atoms with Crippen LogP contribution in [0.25, 0.3) is 0 Å². The first-order valence-electron chi connectivity index (χ1n) is 9.49. The summed E-state index contributed by atoms with van der Waals surface area (Å²) in [5, 5.41) is 8.79. The number of benzene rings is 1. The van der Waals surface area contributed by atoms with Gasteiger partial charge in [0.05, 0.1) is 25.1 Å². The first kappa shape index (κ1) is 21.4. The predicted octanol–water partition coefficient (Wildman–Crippen LogP) is 2.21. The van der Waals surface area contributed by atoms with E-state index in [-0.39, 0.29) is 25.2 Å². The molecule has 1 aromatic carbocycles. The molecule has 0 radical (unpaired) electrons. The molecule has 8 nitrogen and oxygen atoms in total. The van der Waals surface area contributed by atoms with Gasteiger partial charge in [0.25, 0.3) is 5.91 Å². The van der Waals surface area contributed by atoms with Gasteiger partial charge in [0.2, 0.25) is 11.8 Å². The highest BCUT2D eigenvalue weighted by molar-refractivity contribution is 6.23. The van der Waals surface area contributed by atoms with Crippen LogP contribution in [0.3, 0.4) is 0 Å². The molecule has 3 amide bonds. The second-order valence-corrected chi connectivity index (χ2v) is 6.61. The van der Waals surface area contributed by atoms with E-state index in [4.69, 9.17) is 9.84 Å². The Morgan fingerprint density at radius 1 is 1.14 bits per heavy atom. The maximum Gasteiger partial charge on any atom is 0.303 e. The molecule has 0 aliphatic carbocycles. The number of nitrogens with zero attached hydrogens (tertiary/aromatic N) is 2. The fraction of sp³-hybridized carbons (Fsp3) is 0.500. The molecule has 0 aromatic heterocycles. The third-order valence-corrected chi connectivity index (χ3v) is 4.40. The number of hydrogen-bond acceptors (Lipinski definition) is 5. The average molecular weight is 390 g/mol. The van der Waals surface area contributed by atoms with Gasteiger partial charge < -0.3 is 14.7 Å². The van der Waals surface area contributed by atoms with Crippen LogP contribution in [-0.4, -0.2) is 52.9 Å². The molecule has 1 aliphatic heterocycles. The van der Waals surface area contributed by atoms with Gasteiger partial charge in [-0.25, -0.2) is 4.90 Å². The Hall–Kier alpha value is -2.90. The number of imide groups is 1. The van der Waals surface area contributed by atoms with Gasteiger partial charge in [0, 0.05) is 13.0 Å². The average Bonchev–Trinajstić information content (AvgIpc) is 2.97. The zero-order chi connectivity index (χ0) is 20.7. The van der Waals surface area contributed by atoms with Gasteiger partial charge in [0.1, 0.15) is 11.8 Å². The number of carbonyl (C=O) groups excluding carboxylic acids is 3. The summed E-state index contributed by atoms with van der Waals surface area (Å²) in [5.74, 6) is -1.71. The number of hydrogen-bond donors (Lipinski definition) is 1. The third kappa shape index (κ3) is 5.09. The van der Waals surface area contributed by atoms with Gasteiger partial charge in [0.15, 0.2) is 0 Å². The molecule has 2 rings (SSSR count). The third-order valence-electron chi connectivity index (χ3n) is 4.40. The molecule has 1 aromatic rings. The molecule has 0 saturated carbocycles. The number of anilines is 1. The lowest BCUT2D eigenvalue weighted by atomic mass is 10.1. The van der Waals surface area contributed by atoms with E-state index in [0.717, 1.165) is 11.3 Å².